The molecule has 2 bridgehead atoms. The molecule has 1 aromatic rings. The second-order valence-corrected chi connectivity index (χ2v) is 7.20. The molecule has 3 aliphatic carbocycles. The fourth-order valence-electron chi connectivity index (χ4n) is 3.80. The van der Waals surface area contributed by atoms with E-state index in [9.17, 15) is 13.9 Å². The molecule has 0 aliphatic heterocycles. The van der Waals surface area contributed by atoms with Crippen molar-refractivity contribution in [2.75, 3.05) is 0 Å². The Morgan fingerprint density at radius 1 is 1.14 bits per heavy atom. The number of benzene rings is 1. The van der Waals surface area contributed by atoms with Gasteiger partial charge in [-0.1, -0.05) is 23.2 Å². The monoisotopic (exact) mass is 335 g/mol. The largest absolute Gasteiger partial charge is 0.504 e. The van der Waals surface area contributed by atoms with Crippen molar-refractivity contribution < 1.29 is 13.9 Å². The third kappa shape index (κ3) is 2.32. The third-order valence-corrected chi connectivity index (χ3v) is 6.15. The molecular formula is C15H17Cl2F2NO. The van der Waals surface area contributed by atoms with Gasteiger partial charge in [-0.3, -0.25) is 0 Å². The molecule has 3 N–H and O–H groups in total. The molecule has 3 saturated carbocycles. The average Bonchev–Trinajstić information content (AvgIpc) is 2.49. The first-order valence-electron chi connectivity index (χ1n) is 7.09. The fraction of sp³-hybridized carbons (Fsp3) is 0.600. The summed E-state index contributed by atoms with van der Waals surface area (Å²) in [5.74, 6) is -1.49. The lowest BCUT2D eigenvalue weighted by Gasteiger charge is -2.52. The quantitative estimate of drug-likeness (QED) is 0.755. The van der Waals surface area contributed by atoms with Gasteiger partial charge >= 0.3 is 0 Å². The van der Waals surface area contributed by atoms with Crippen molar-refractivity contribution in [2.24, 2.45) is 11.1 Å². The Balaban J connectivity index is 1.98. The maximum Gasteiger partial charge on any atom is 0.172 e. The highest BCUT2D eigenvalue weighted by Gasteiger charge is 2.52. The molecule has 1 aromatic carbocycles. The molecule has 4 rings (SSSR count). The van der Waals surface area contributed by atoms with Gasteiger partial charge < -0.3 is 10.8 Å². The van der Waals surface area contributed by atoms with E-state index in [1.54, 1.807) is 0 Å². The van der Waals surface area contributed by atoms with Crippen molar-refractivity contribution in [3.63, 3.8) is 0 Å². The fourth-order valence-corrected chi connectivity index (χ4v) is 4.15. The highest BCUT2D eigenvalue weighted by atomic mass is 35.5. The van der Waals surface area contributed by atoms with E-state index < -0.39 is 23.3 Å². The molecule has 6 heteroatoms. The molecule has 3 fully saturated rings. The third-order valence-electron chi connectivity index (χ3n) is 5.37. The van der Waals surface area contributed by atoms with E-state index in [1.807, 2.05) is 0 Å². The van der Waals surface area contributed by atoms with Crippen LogP contribution in [0, 0.1) is 11.2 Å². The SMILES string of the molecule is N[C@H](c1cc(Cl)c(Cl)c(O)c1F)C12CCC(F)(CC1)CC2. The van der Waals surface area contributed by atoms with Gasteiger partial charge in [0.15, 0.2) is 11.6 Å². The maximum absolute atomic E-state index is 14.3. The molecule has 0 aromatic heterocycles. The number of fused-ring (bicyclic) bond motifs is 3. The highest BCUT2D eigenvalue weighted by Crippen LogP contribution is 2.59. The van der Waals surface area contributed by atoms with Gasteiger partial charge in [-0.15, -0.1) is 0 Å². The smallest absolute Gasteiger partial charge is 0.172 e. The van der Waals surface area contributed by atoms with Crippen LogP contribution in [0.25, 0.3) is 0 Å². The van der Waals surface area contributed by atoms with Crippen LogP contribution in [-0.2, 0) is 0 Å². The molecule has 116 valence electrons. The zero-order valence-electron chi connectivity index (χ0n) is 11.4. The molecule has 1 atom stereocenters. The predicted molar refractivity (Wildman–Crippen MR) is 79.0 cm³/mol. The Morgan fingerprint density at radius 2 is 1.67 bits per heavy atom. The van der Waals surface area contributed by atoms with Crippen LogP contribution in [-0.4, -0.2) is 10.8 Å². The van der Waals surface area contributed by atoms with Gasteiger partial charge in [0.1, 0.15) is 10.7 Å². The summed E-state index contributed by atoms with van der Waals surface area (Å²) in [6.07, 6.45) is 3.29. The first-order valence-corrected chi connectivity index (χ1v) is 7.84. The van der Waals surface area contributed by atoms with Gasteiger partial charge in [-0.25, -0.2) is 8.78 Å². The zero-order chi connectivity index (χ0) is 15.4. The van der Waals surface area contributed by atoms with Crippen molar-refractivity contribution in [3.8, 4) is 5.75 Å². The number of rotatable bonds is 2. The maximum atomic E-state index is 14.3. The first kappa shape index (κ1) is 15.3. The van der Waals surface area contributed by atoms with Crippen molar-refractivity contribution in [1.29, 1.82) is 0 Å². The molecule has 0 radical (unpaired) electrons. The van der Waals surface area contributed by atoms with E-state index in [2.05, 4.69) is 0 Å². The normalized spacial score (nSPS) is 33.2. The zero-order valence-corrected chi connectivity index (χ0v) is 12.9. The van der Waals surface area contributed by atoms with Crippen LogP contribution >= 0.6 is 23.2 Å². The van der Waals surface area contributed by atoms with Crippen LogP contribution in [0.2, 0.25) is 10.0 Å². The lowest BCUT2D eigenvalue weighted by Crippen LogP contribution is -2.48. The molecule has 0 heterocycles. The van der Waals surface area contributed by atoms with Gasteiger partial charge in [0.05, 0.1) is 5.02 Å². The predicted octanol–water partition coefficient (Wildman–Crippen LogP) is 4.90. The van der Waals surface area contributed by atoms with Gasteiger partial charge in [-0.2, -0.15) is 0 Å². The van der Waals surface area contributed by atoms with Gasteiger partial charge in [0.2, 0.25) is 0 Å². The number of phenols is 1. The van der Waals surface area contributed by atoms with Gasteiger partial charge in [0.25, 0.3) is 0 Å². The lowest BCUT2D eigenvalue weighted by atomic mass is 9.55. The van der Waals surface area contributed by atoms with E-state index in [1.165, 1.54) is 6.07 Å². The van der Waals surface area contributed by atoms with Crippen LogP contribution in [0.5, 0.6) is 5.75 Å². The molecule has 3 aliphatic rings. The Labute approximate surface area is 132 Å². The Morgan fingerprint density at radius 3 is 2.19 bits per heavy atom. The molecule has 21 heavy (non-hydrogen) atoms. The molecular weight excluding hydrogens is 319 g/mol. The molecule has 0 spiro atoms. The van der Waals surface area contributed by atoms with Crippen molar-refractivity contribution in [3.05, 3.63) is 27.5 Å². The molecule has 0 unspecified atom stereocenters. The summed E-state index contributed by atoms with van der Waals surface area (Å²) < 4.78 is 28.5. The summed E-state index contributed by atoms with van der Waals surface area (Å²) in [7, 11) is 0. The van der Waals surface area contributed by atoms with E-state index in [-0.39, 0.29) is 21.0 Å². The minimum absolute atomic E-state index is 0.0730. The highest BCUT2D eigenvalue weighted by molar-refractivity contribution is 6.43. The Kier molecular flexibility index (Phi) is 3.62. The van der Waals surface area contributed by atoms with Crippen molar-refractivity contribution in [2.45, 2.75) is 50.2 Å². The number of nitrogens with two attached hydrogens (primary N) is 1. The van der Waals surface area contributed by atoms with Crippen molar-refractivity contribution in [1.82, 2.24) is 0 Å². The van der Waals surface area contributed by atoms with E-state index in [0.29, 0.717) is 38.5 Å². The summed E-state index contributed by atoms with van der Waals surface area (Å²) >= 11 is 11.6. The van der Waals surface area contributed by atoms with Crippen LogP contribution in [0.1, 0.15) is 50.1 Å². The number of hydrogen-bond acceptors (Lipinski definition) is 2. The minimum Gasteiger partial charge on any atom is -0.504 e. The van der Waals surface area contributed by atoms with Crippen LogP contribution in [0.4, 0.5) is 8.78 Å². The molecule has 2 nitrogen and oxygen atoms in total. The lowest BCUT2D eigenvalue weighted by molar-refractivity contribution is -0.0482. The van der Waals surface area contributed by atoms with E-state index >= 15 is 0 Å². The number of aromatic hydroxyl groups is 1. The summed E-state index contributed by atoms with van der Waals surface area (Å²) in [6, 6.07) is 0.757. The van der Waals surface area contributed by atoms with Crippen LogP contribution in [0.3, 0.4) is 0 Å². The number of hydrogen-bond donors (Lipinski definition) is 2. The van der Waals surface area contributed by atoms with E-state index in [0.717, 1.165) is 0 Å². The van der Waals surface area contributed by atoms with Crippen LogP contribution < -0.4 is 5.73 Å². The van der Waals surface area contributed by atoms with Gasteiger partial charge in [-0.05, 0) is 50.0 Å². The second-order valence-electron chi connectivity index (χ2n) is 6.42. The topological polar surface area (TPSA) is 46.2 Å². The summed E-state index contributed by atoms with van der Waals surface area (Å²) in [5, 5.41) is 9.58. The number of halogens is 4. The minimum atomic E-state index is -1.07. The number of phenolic OH excluding ortho intramolecular Hbond substituents is 1. The van der Waals surface area contributed by atoms with Crippen molar-refractivity contribution >= 4 is 23.2 Å². The summed E-state index contributed by atoms with van der Waals surface area (Å²) in [4.78, 5) is 0. The standard InChI is InChI=1S/C15H17Cl2F2NO/c16-9-7-8(11(18)12(21)10(9)17)13(20)14-1-4-15(19,5-2-14)6-3-14/h7,13,21H,1-6,20H2/t13-,14?,15?/m1/s1. The van der Waals surface area contributed by atoms with Gasteiger partial charge in [0, 0.05) is 11.6 Å². The second kappa shape index (κ2) is 4.97. The summed E-state index contributed by atoms with van der Waals surface area (Å²) in [6.45, 7) is 0. The Hall–Kier alpha value is -0.580. The average molecular weight is 336 g/mol. The number of alkyl halides is 1. The Bertz CT molecular complexity index is 569. The first-order chi connectivity index (χ1) is 9.78. The van der Waals surface area contributed by atoms with E-state index in [4.69, 9.17) is 28.9 Å². The molecule has 0 saturated heterocycles. The summed E-state index contributed by atoms with van der Waals surface area (Å²) in [5.41, 5.74) is 5.07. The van der Waals surface area contributed by atoms with Crippen LogP contribution in [0.15, 0.2) is 6.07 Å². The molecule has 0 amide bonds.